The average molecular weight is 436 g/mol. The van der Waals surface area contributed by atoms with Gasteiger partial charge < -0.3 is 4.90 Å². The molecule has 1 saturated heterocycles. The van der Waals surface area contributed by atoms with Crippen molar-refractivity contribution in [3.63, 3.8) is 0 Å². The van der Waals surface area contributed by atoms with E-state index in [0.717, 1.165) is 29.8 Å². The number of hydrogen-bond acceptors (Lipinski definition) is 4. The molecule has 28 heavy (non-hydrogen) atoms. The van der Waals surface area contributed by atoms with Gasteiger partial charge in [-0.2, -0.15) is 0 Å². The Kier molecular flexibility index (Phi) is 5.53. The zero-order chi connectivity index (χ0) is 19.5. The van der Waals surface area contributed by atoms with E-state index in [1.54, 1.807) is 12.3 Å². The number of rotatable bonds is 4. The number of benzene rings is 1. The van der Waals surface area contributed by atoms with Gasteiger partial charge in [0.2, 0.25) is 5.78 Å². The van der Waals surface area contributed by atoms with Gasteiger partial charge >= 0.3 is 0 Å². The van der Waals surface area contributed by atoms with E-state index < -0.39 is 0 Å². The van der Waals surface area contributed by atoms with Gasteiger partial charge in [-0.15, -0.1) is 0 Å². The Morgan fingerprint density at radius 1 is 1.14 bits per heavy atom. The average Bonchev–Trinajstić information content (AvgIpc) is 2.76. The summed E-state index contributed by atoms with van der Waals surface area (Å²) < 4.78 is 0.791. The summed E-state index contributed by atoms with van der Waals surface area (Å²) in [5.41, 5.74) is 3.12. The first kappa shape index (κ1) is 18.8. The monoisotopic (exact) mass is 435 g/mol. The minimum Gasteiger partial charge on any atom is -0.356 e. The van der Waals surface area contributed by atoms with Gasteiger partial charge in [-0.3, -0.25) is 9.78 Å². The van der Waals surface area contributed by atoms with Crippen molar-refractivity contribution in [3.8, 4) is 0 Å². The first-order valence-electron chi connectivity index (χ1n) is 9.55. The first-order valence-corrected chi connectivity index (χ1v) is 10.3. The van der Waals surface area contributed by atoms with Crippen molar-refractivity contribution < 1.29 is 4.79 Å². The summed E-state index contributed by atoms with van der Waals surface area (Å²) in [6, 6.07) is 18.2. The van der Waals surface area contributed by atoms with E-state index in [1.165, 1.54) is 12.0 Å². The van der Waals surface area contributed by atoms with Crippen molar-refractivity contribution in [1.29, 1.82) is 0 Å². The van der Waals surface area contributed by atoms with Crippen LogP contribution in [0.25, 0.3) is 0 Å². The maximum Gasteiger partial charge on any atom is 0.213 e. The van der Waals surface area contributed by atoms with E-state index in [1.807, 2.05) is 25.1 Å². The lowest BCUT2D eigenvalue weighted by atomic mass is 9.90. The van der Waals surface area contributed by atoms with Crippen LogP contribution >= 0.6 is 15.9 Å². The summed E-state index contributed by atoms with van der Waals surface area (Å²) in [5, 5.41) is 0. The van der Waals surface area contributed by atoms with Crippen LogP contribution in [0.15, 0.2) is 65.3 Å². The fourth-order valence-electron chi connectivity index (χ4n) is 3.78. The van der Waals surface area contributed by atoms with Gasteiger partial charge in [-0.25, -0.2) is 4.98 Å². The second-order valence-electron chi connectivity index (χ2n) is 7.19. The highest BCUT2D eigenvalue weighted by Crippen LogP contribution is 2.29. The Hall–Kier alpha value is -2.53. The number of halogens is 1. The molecule has 2 aromatic heterocycles. The highest BCUT2D eigenvalue weighted by atomic mass is 79.9. The molecule has 4 rings (SSSR count). The van der Waals surface area contributed by atoms with Gasteiger partial charge in [0.1, 0.15) is 11.5 Å². The lowest BCUT2D eigenvalue weighted by Crippen LogP contribution is -2.35. The van der Waals surface area contributed by atoms with E-state index >= 15 is 0 Å². The fourth-order valence-corrected chi connectivity index (χ4v) is 4.12. The summed E-state index contributed by atoms with van der Waals surface area (Å²) in [4.78, 5) is 24.3. The Balaban J connectivity index is 1.58. The molecule has 0 N–H and O–H groups in total. The van der Waals surface area contributed by atoms with E-state index in [-0.39, 0.29) is 5.78 Å². The van der Waals surface area contributed by atoms with Crippen molar-refractivity contribution in [2.45, 2.75) is 25.7 Å². The zero-order valence-corrected chi connectivity index (χ0v) is 17.4. The second kappa shape index (κ2) is 8.23. The molecule has 1 aliphatic heterocycles. The van der Waals surface area contributed by atoms with Gasteiger partial charge in [0.15, 0.2) is 0 Å². The molecule has 0 radical (unpaired) electrons. The number of anilines is 1. The highest BCUT2D eigenvalue weighted by Gasteiger charge is 2.23. The molecule has 142 valence electrons. The smallest absolute Gasteiger partial charge is 0.213 e. The predicted octanol–water partition coefficient (Wildman–Crippen LogP) is 5.16. The standard InChI is InChI=1S/C23H22BrN3O/c1-16-20(13-19(24)14-25-16)23(28)21-10-5-11-22(26-21)27-12-6-9-18(15-27)17-7-3-2-4-8-17/h2-5,7-8,10-11,13-14,18H,6,9,12,15H2,1H3. The lowest BCUT2D eigenvalue weighted by Gasteiger charge is -2.34. The molecular weight excluding hydrogens is 414 g/mol. The molecule has 0 amide bonds. The van der Waals surface area contributed by atoms with Gasteiger partial charge in [0.05, 0.1) is 0 Å². The van der Waals surface area contributed by atoms with Crippen molar-refractivity contribution >= 4 is 27.5 Å². The van der Waals surface area contributed by atoms with Crippen LogP contribution in [0.2, 0.25) is 0 Å². The molecule has 0 bridgehead atoms. The predicted molar refractivity (Wildman–Crippen MR) is 115 cm³/mol. The van der Waals surface area contributed by atoms with Crippen LogP contribution in [0.5, 0.6) is 0 Å². The number of aromatic nitrogens is 2. The number of aryl methyl sites for hydroxylation is 1. The van der Waals surface area contributed by atoms with Gasteiger partial charge in [-0.1, -0.05) is 36.4 Å². The molecule has 0 spiro atoms. The minimum atomic E-state index is -0.0928. The summed E-state index contributed by atoms with van der Waals surface area (Å²) in [5.74, 6) is 1.27. The van der Waals surface area contributed by atoms with Crippen LogP contribution < -0.4 is 4.90 Å². The maximum atomic E-state index is 13.0. The third-order valence-corrected chi connectivity index (χ3v) is 5.72. The summed E-state index contributed by atoms with van der Waals surface area (Å²) in [7, 11) is 0. The number of ketones is 1. The Morgan fingerprint density at radius 3 is 2.79 bits per heavy atom. The molecule has 4 nitrogen and oxygen atoms in total. The van der Waals surface area contributed by atoms with Gasteiger partial charge in [0, 0.05) is 40.9 Å². The van der Waals surface area contributed by atoms with E-state index in [4.69, 9.17) is 4.98 Å². The third kappa shape index (κ3) is 3.99. The highest BCUT2D eigenvalue weighted by molar-refractivity contribution is 9.10. The molecule has 1 aliphatic rings. The van der Waals surface area contributed by atoms with E-state index in [0.29, 0.717) is 22.9 Å². The normalized spacial score (nSPS) is 16.8. The summed E-state index contributed by atoms with van der Waals surface area (Å²) in [6.45, 7) is 3.73. The van der Waals surface area contributed by atoms with Crippen LogP contribution in [-0.4, -0.2) is 28.8 Å². The number of nitrogens with zero attached hydrogens (tertiary/aromatic N) is 3. The molecule has 3 aromatic rings. The van der Waals surface area contributed by atoms with Crippen LogP contribution in [0.4, 0.5) is 5.82 Å². The molecule has 3 heterocycles. The van der Waals surface area contributed by atoms with Gasteiger partial charge in [-0.05, 0) is 59.5 Å². The first-order chi connectivity index (χ1) is 13.6. The molecule has 1 atom stereocenters. The molecule has 5 heteroatoms. The largest absolute Gasteiger partial charge is 0.356 e. The lowest BCUT2D eigenvalue weighted by molar-refractivity contribution is 0.103. The van der Waals surface area contributed by atoms with E-state index in [9.17, 15) is 4.79 Å². The third-order valence-electron chi connectivity index (χ3n) is 5.28. The zero-order valence-electron chi connectivity index (χ0n) is 15.8. The molecule has 1 unspecified atom stereocenters. The SMILES string of the molecule is Cc1ncc(Br)cc1C(=O)c1cccc(N2CCCC(c3ccccc3)C2)n1. The fraction of sp³-hybridized carbons (Fsp3) is 0.261. The second-order valence-corrected chi connectivity index (χ2v) is 8.11. The molecular formula is C23H22BrN3O. The Morgan fingerprint density at radius 2 is 1.96 bits per heavy atom. The van der Waals surface area contributed by atoms with Crippen molar-refractivity contribution in [2.75, 3.05) is 18.0 Å². The number of hydrogen-bond donors (Lipinski definition) is 0. The Bertz CT molecular complexity index is 990. The van der Waals surface area contributed by atoms with Crippen LogP contribution in [0, 0.1) is 6.92 Å². The maximum absolute atomic E-state index is 13.0. The Labute approximate surface area is 173 Å². The number of carbonyl (C=O) groups excluding carboxylic acids is 1. The molecule has 0 aliphatic carbocycles. The summed E-state index contributed by atoms with van der Waals surface area (Å²) >= 11 is 3.40. The van der Waals surface area contributed by atoms with Gasteiger partial charge in [0.25, 0.3) is 0 Å². The van der Waals surface area contributed by atoms with Crippen molar-refractivity contribution in [2.24, 2.45) is 0 Å². The number of pyridine rings is 2. The molecule has 1 aromatic carbocycles. The number of carbonyl (C=O) groups is 1. The van der Waals surface area contributed by atoms with Crippen molar-refractivity contribution in [1.82, 2.24) is 9.97 Å². The van der Waals surface area contributed by atoms with Crippen LogP contribution in [0.3, 0.4) is 0 Å². The summed E-state index contributed by atoms with van der Waals surface area (Å²) in [6.07, 6.45) is 4.00. The topological polar surface area (TPSA) is 46.1 Å². The van der Waals surface area contributed by atoms with E-state index in [2.05, 4.69) is 56.1 Å². The van der Waals surface area contributed by atoms with Crippen LogP contribution in [0.1, 0.15) is 46.1 Å². The quantitative estimate of drug-likeness (QED) is 0.530. The van der Waals surface area contributed by atoms with Crippen LogP contribution in [-0.2, 0) is 0 Å². The minimum absolute atomic E-state index is 0.0928. The van der Waals surface area contributed by atoms with Crippen molar-refractivity contribution in [3.05, 3.63) is 87.8 Å². The molecule has 1 fully saturated rings. The number of piperidine rings is 1. The molecule has 0 saturated carbocycles.